The first-order valence-corrected chi connectivity index (χ1v) is 12.0. The molecular weight excluding hydrogens is 340 g/mol. The van der Waals surface area contributed by atoms with Gasteiger partial charge in [-0.15, -0.1) is 11.3 Å². The topological polar surface area (TPSA) is 64.3 Å². The highest BCUT2D eigenvalue weighted by Crippen LogP contribution is 2.32. The standard InChI is InChI=1S/C14H21ClN2O3SSi/c1-9-11-12(19)10(7-18)16-17(14(11)21-13(9)15)8-20-5-6-22(2,3)4/h18H,5-8H2,1-4H3. The molecule has 0 atom stereocenters. The van der Waals surface area contributed by atoms with Gasteiger partial charge in [-0.2, -0.15) is 5.10 Å². The van der Waals surface area contributed by atoms with Crippen LogP contribution in [0.3, 0.4) is 0 Å². The van der Waals surface area contributed by atoms with Crippen molar-refractivity contribution in [1.29, 1.82) is 0 Å². The van der Waals surface area contributed by atoms with Crippen LogP contribution in [0.2, 0.25) is 30.0 Å². The number of rotatable bonds is 6. The summed E-state index contributed by atoms with van der Waals surface area (Å²) in [6.07, 6.45) is 0. The predicted molar refractivity (Wildman–Crippen MR) is 93.7 cm³/mol. The Morgan fingerprint density at radius 2 is 2.09 bits per heavy atom. The number of fused-ring (bicyclic) bond motifs is 1. The van der Waals surface area contributed by atoms with Crippen molar-refractivity contribution in [2.45, 2.75) is 45.9 Å². The summed E-state index contributed by atoms with van der Waals surface area (Å²) in [4.78, 5) is 13.0. The zero-order valence-corrected chi connectivity index (χ0v) is 15.8. The lowest BCUT2D eigenvalue weighted by Crippen LogP contribution is -2.23. The van der Waals surface area contributed by atoms with Crippen molar-refractivity contribution in [3.63, 3.8) is 0 Å². The van der Waals surface area contributed by atoms with E-state index in [2.05, 4.69) is 24.7 Å². The van der Waals surface area contributed by atoms with E-state index >= 15 is 0 Å². The number of aliphatic hydroxyl groups is 1. The monoisotopic (exact) mass is 360 g/mol. The van der Waals surface area contributed by atoms with Crippen molar-refractivity contribution in [2.75, 3.05) is 6.61 Å². The van der Waals surface area contributed by atoms with Gasteiger partial charge in [0.2, 0.25) is 5.43 Å². The fraction of sp³-hybridized carbons (Fsp3) is 0.571. The molecule has 2 heterocycles. The first-order valence-electron chi connectivity index (χ1n) is 7.12. The summed E-state index contributed by atoms with van der Waals surface area (Å²) < 4.78 is 7.90. The quantitative estimate of drug-likeness (QED) is 0.634. The second-order valence-electron chi connectivity index (χ2n) is 6.46. The van der Waals surface area contributed by atoms with Crippen molar-refractivity contribution in [2.24, 2.45) is 0 Å². The summed E-state index contributed by atoms with van der Waals surface area (Å²) in [6, 6.07) is 1.06. The Morgan fingerprint density at radius 1 is 1.41 bits per heavy atom. The molecule has 0 amide bonds. The van der Waals surface area contributed by atoms with Crippen molar-refractivity contribution < 1.29 is 9.84 Å². The van der Waals surface area contributed by atoms with Crippen LogP contribution in [0.4, 0.5) is 0 Å². The molecule has 0 aromatic carbocycles. The SMILES string of the molecule is Cc1c(Cl)sc2c1c(=O)c(CO)nn2COCC[Si](C)(C)C. The maximum atomic E-state index is 12.3. The molecule has 1 N–H and O–H groups in total. The molecule has 0 aliphatic carbocycles. The van der Waals surface area contributed by atoms with Crippen LogP contribution in [0.1, 0.15) is 11.3 Å². The van der Waals surface area contributed by atoms with E-state index < -0.39 is 14.7 Å². The van der Waals surface area contributed by atoms with Crippen LogP contribution < -0.4 is 5.43 Å². The molecule has 0 bridgehead atoms. The number of aryl methyl sites for hydroxylation is 1. The number of nitrogens with zero attached hydrogens (tertiary/aromatic N) is 2. The van der Waals surface area contributed by atoms with Gasteiger partial charge in [0.05, 0.1) is 16.3 Å². The maximum absolute atomic E-state index is 12.3. The molecule has 0 aliphatic heterocycles. The first-order chi connectivity index (χ1) is 10.2. The Hall–Kier alpha value is -0.733. The van der Waals surface area contributed by atoms with Crippen molar-refractivity contribution in [1.82, 2.24) is 9.78 Å². The van der Waals surface area contributed by atoms with E-state index in [1.807, 2.05) is 0 Å². The summed E-state index contributed by atoms with van der Waals surface area (Å²) in [7, 11) is -1.14. The Kier molecular flexibility index (Phi) is 5.44. The summed E-state index contributed by atoms with van der Waals surface area (Å²) in [5.74, 6) is 0. The number of ether oxygens (including phenoxy) is 1. The number of aromatic nitrogens is 2. The highest BCUT2D eigenvalue weighted by atomic mass is 35.5. The summed E-state index contributed by atoms with van der Waals surface area (Å²) in [6.45, 7) is 9.20. The van der Waals surface area contributed by atoms with Crippen LogP contribution in [0.25, 0.3) is 10.2 Å². The number of aliphatic hydroxyl groups excluding tert-OH is 1. The number of halogens is 1. The van der Waals surface area contributed by atoms with E-state index in [0.29, 0.717) is 21.2 Å². The van der Waals surface area contributed by atoms with E-state index in [1.54, 1.807) is 11.6 Å². The molecule has 0 saturated carbocycles. The van der Waals surface area contributed by atoms with Crippen LogP contribution in [0.15, 0.2) is 4.79 Å². The van der Waals surface area contributed by atoms with Crippen LogP contribution in [-0.2, 0) is 18.1 Å². The molecule has 22 heavy (non-hydrogen) atoms. The lowest BCUT2D eigenvalue weighted by atomic mass is 10.2. The minimum Gasteiger partial charge on any atom is -0.390 e. The average molecular weight is 361 g/mol. The Balaban J connectivity index is 2.31. The van der Waals surface area contributed by atoms with Crippen molar-refractivity contribution >= 4 is 41.2 Å². The summed E-state index contributed by atoms with van der Waals surface area (Å²) >= 11 is 7.47. The summed E-state index contributed by atoms with van der Waals surface area (Å²) in [5.41, 5.74) is 0.606. The fourth-order valence-electron chi connectivity index (χ4n) is 2.02. The van der Waals surface area contributed by atoms with Gasteiger partial charge in [-0.25, -0.2) is 4.68 Å². The summed E-state index contributed by atoms with van der Waals surface area (Å²) in [5, 5.41) is 14.1. The Morgan fingerprint density at radius 3 is 2.68 bits per heavy atom. The van der Waals surface area contributed by atoms with Gasteiger partial charge in [0, 0.05) is 14.7 Å². The Bertz CT molecular complexity index is 736. The van der Waals surface area contributed by atoms with Crippen molar-refractivity contribution in [3.8, 4) is 0 Å². The average Bonchev–Trinajstić information content (AvgIpc) is 2.72. The lowest BCUT2D eigenvalue weighted by molar-refractivity contribution is 0.0801. The lowest BCUT2D eigenvalue weighted by Gasteiger charge is -2.16. The van der Waals surface area contributed by atoms with Gasteiger partial charge in [-0.3, -0.25) is 4.79 Å². The zero-order chi connectivity index (χ0) is 16.5. The molecule has 0 saturated heterocycles. The third-order valence-electron chi connectivity index (χ3n) is 3.39. The van der Waals surface area contributed by atoms with Gasteiger partial charge in [0.25, 0.3) is 0 Å². The predicted octanol–water partition coefficient (Wildman–Crippen LogP) is 3.22. The van der Waals surface area contributed by atoms with Crippen molar-refractivity contribution in [3.05, 3.63) is 25.8 Å². The minimum atomic E-state index is -1.14. The van der Waals surface area contributed by atoms with Gasteiger partial charge >= 0.3 is 0 Å². The molecule has 0 spiro atoms. The van der Waals surface area contributed by atoms with Crippen LogP contribution >= 0.6 is 22.9 Å². The molecule has 0 radical (unpaired) electrons. The molecule has 122 valence electrons. The van der Waals surface area contributed by atoms with Gasteiger partial charge in [-0.1, -0.05) is 31.2 Å². The molecule has 0 aliphatic rings. The molecule has 0 fully saturated rings. The van der Waals surface area contributed by atoms with E-state index in [0.717, 1.165) is 11.6 Å². The first kappa shape index (κ1) is 17.6. The maximum Gasteiger partial charge on any atom is 0.214 e. The van der Waals surface area contributed by atoms with Crippen LogP contribution in [0, 0.1) is 6.92 Å². The number of hydrogen-bond donors (Lipinski definition) is 1. The van der Waals surface area contributed by atoms with Gasteiger partial charge in [0.15, 0.2) is 0 Å². The normalized spacial score (nSPS) is 12.3. The molecule has 5 nitrogen and oxygen atoms in total. The third-order valence-corrected chi connectivity index (χ3v) is 6.71. The smallest absolute Gasteiger partial charge is 0.214 e. The molecule has 2 rings (SSSR count). The second-order valence-corrected chi connectivity index (χ2v) is 13.7. The highest BCUT2D eigenvalue weighted by molar-refractivity contribution is 7.22. The molecule has 8 heteroatoms. The Labute approximate surface area is 139 Å². The van der Waals surface area contributed by atoms with E-state index in [1.165, 1.54) is 11.3 Å². The van der Waals surface area contributed by atoms with E-state index in [-0.39, 0.29) is 17.9 Å². The zero-order valence-electron chi connectivity index (χ0n) is 13.3. The van der Waals surface area contributed by atoms with Gasteiger partial charge in [-0.05, 0) is 18.5 Å². The van der Waals surface area contributed by atoms with E-state index in [4.69, 9.17) is 16.3 Å². The number of thiophene rings is 1. The van der Waals surface area contributed by atoms with E-state index in [9.17, 15) is 9.90 Å². The highest BCUT2D eigenvalue weighted by Gasteiger charge is 2.18. The molecule has 2 aromatic heterocycles. The second kappa shape index (κ2) is 6.80. The van der Waals surface area contributed by atoms with Crippen LogP contribution in [-0.4, -0.2) is 29.6 Å². The largest absolute Gasteiger partial charge is 0.390 e. The number of hydrogen-bond acceptors (Lipinski definition) is 5. The molecule has 0 unspecified atom stereocenters. The van der Waals surface area contributed by atoms with Gasteiger partial charge in [0.1, 0.15) is 17.3 Å². The molecule has 2 aromatic rings. The minimum absolute atomic E-state index is 0.124. The fourth-order valence-corrected chi connectivity index (χ4v) is 4.06. The van der Waals surface area contributed by atoms with Crippen LogP contribution in [0.5, 0.6) is 0 Å². The van der Waals surface area contributed by atoms with Gasteiger partial charge < -0.3 is 9.84 Å². The molecular formula is C14H21ClN2O3SSi. The third kappa shape index (κ3) is 3.78.